The molecule has 0 atom stereocenters. The minimum atomic E-state index is -0.168. The van der Waals surface area contributed by atoms with Crippen molar-refractivity contribution in [1.82, 2.24) is 20.1 Å². The first-order valence-corrected chi connectivity index (χ1v) is 10.0. The topological polar surface area (TPSA) is 89.0 Å². The number of hydrogen-bond donors (Lipinski definition) is 2. The number of carbonyl (C=O) groups is 1. The van der Waals surface area contributed by atoms with Crippen LogP contribution in [-0.2, 0) is 11.2 Å². The molecule has 4 aromatic rings. The normalized spacial score (nSPS) is 11.3. The molecule has 2 aromatic carbocycles. The number of nitrogens with one attached hydrogen (secondary N) is 2. The van der Waals surface area contributed by atoms with Crippen LogP contribution in [0.15, 0.2) is 53.5 Å². The van der Waals surface area contributed by atoms with E-state index >= 15 is 0 Å². The van der Waals surface area contributed by atoms with Crippen molar-refractivity contribution < 1.29 is 9.53 Å². The fourth-order valence-electron chi connectivity index (χ4n) is 3.48. The number of ether oxygens (including phenoxy) is 1. The van der Waals surface area contributed by atoms with E-state index in [1.807, 2.05) is 24.3 Å². The first-order valence-electron chi connectivity index (χ1n) is 10.0. The quantitative estimate of drug-likeness (QED) is 0.463. The zero-order chi connectivity index (χ0) is 21.1. The number of rotatable bonds is 7. The van der Waals surface area contributed by atoms with Crippen LogP contribution < -0.4 is 10.9 Å². The molecule has 0 unspecified atom stereocenters. The SMILES string of the molecule is CCc1ccc(-n2[nH]c3c(cnc4ccc(C(=O)NCCCOC)cc43)c2=O)cc1. The number of aromatic amines is 1. The van der Waals surface area contributed by atoms with Gasteiger partial charge >= 0.3 is 0 Å². The summed E-state index contributed by atoms with van der Waals surface area (Å²) in [4.78, 5) is 29.9. The van der Waals surface area contributed by atoms with Crippen molar-refractivity contribution >= 4 is 27.7 Å². The number of H-pyrrole nitrogens is 1. The third kappa shape index (κ3) is 3.71. The monoisotopic (exact) mass is 404 g/mol. The maximum Gasteiger partial charge on any atom is 0.280 e. The molecule has 0 fully saturated rings. The van der Waals surface area contributed by atoms with Gasteiger partial charge in [0.1, 0.15) is 0 Å². The number of carbonyl (C=O) groups excluding carboxylic acids is 1. The molecule has 0 saturated carbocycles. The fraction of sp³-hybridized carbons (Fsp3) is 0.261. The molecule has 2 N–H and O–H groups in total. The summed E-state index contributed by atoms with van der Waals surface area (Å²) in [5.74, 6) is -0.165. The highest BCUT2D eigenvalue weighted by molar-refractivity contribution is 6.06. The highest BCUT2D eigenvalue weighted by Crippen LogP contribution is 2.22. The first-order chi connectivity index (χ1) is 14.6. The van der Waals surface area contributed by atoms with Gasteiger partial charge in [-0.2, -0.15) is 0 Å². The van der Waals surface area contributed by atoms with Crippen molar-refractivity contribution in [3.63, 3.8) is 0 Å². The molecule has 7 nitrogen and oxygen atoms in total. The van der Waals surface area contributed by atoms with Gasteiger partial charge in [0.25, 0.3) is 11.5 Å². The molecule has 0 aliphatic rings. The summed E-state index contributed by atoms with van der Waals surface area (Å²) < 4.78 is 6.52. The number of benzene rings is 2. The molecule has 0 aliphatic heterocycles. The van der Waals surface area contributed by atoms with Crippen molar-refractivity contribution in [1.29, 1.82) is 0 Å². The summed E-state index contributed by atoms with van der Waals surface area (Å²) >= 11 is 0. The lowest BCUT2D eigenvalue weighted by Gasteiger charge is -2.06. The number of fused-ring (bicyclic) bond motifs is 3. The molecular weight excluding hydrogens is 380 g/mol. The van der Waals surface area contributed by atoms with Gasteiger partial charge in [0, 0.05) is 37.4 Å². The Bertz CT molecular complexity index is 1260. The molecule has 154 valence electrons. The molecule has 30 heavy (non-hydrogen) atoms. The second-order valence-electron chi connectivity index (χ2n) is 7.15. The van der Waals surface area contributed by atoms with E-state index < -0.39 is 0 Å². The lowest BCUT2D eigenvalue weighted by Crippen LogP contribution is -2.25. The molecule has 0 spiro atoms. The Morgan fingerprint density at radius 3 is 2.70 bits per heavy atom. The maximum atomic E-state index is 12.9. The second kappa shape index (κ2) is 8.51. The molecule has 0 saturated heterocycles. The summed E-state index contributed by atoms with van der Waals surface area (Å²) in [6.45, 7) is 3.22. The minimum Gasteiger partial charge on any atom is -0.385 e. The van der Waals surface area contributed by atoms with Gasteiger partial charge < -0.3 is 10.1 Å². The lowest BCUT2D eigenvalue weighted by molar-refractivity contribution is 0.0948. The van der Waals surface area contributed by atoms with Gasteiger partial charge in [-0.05, 0) is 48.7 Å². The van der Waals surface area contributed by atoms with Crippen LogP contribution in [0, 0.1) is 0 Å². The third-order valence-electron chi connectivity index (χ3n) is 5.20. The Hall–Kier alpha value is -3.45. The molecule has 7 heteroatoms. The van der Waals surface area contributed by atoms with E-state index in [0.717, 1.165) is 23.9 Å². The van der Waals surface area contributed by atoms with Crippen LogP contribution in [0.3, 0.4) is 0 Å². The van der Waals surface area contributed by atoms with Gasteiger partial charge in [-0.15, -0.1) is 0 Å². The average Bonchev–Trinajstić information content (AvgIpc) is 3.13. The van der Waals surface area contributed by atoms with E-state index in [9.17, 15) is 9.59 Å². The highest BCUT2D eigenvalue weighted by atomic mass is 16.5. The standard InChI is InChI=1S/C23H24N4O3/c1-3-15-5-8-17(9-6-15)27-23(29)19-14-25-20-10-7-16(13-18(20)21(19)26-27)22(28)24-11-4-12-30-2/h5-10,13-14,26H,3-4,11-12H2,1-2H3,(H,24,28). The van der Waals surface area contributed by atoms with Crippen LogP contribution in [0.1, 0.15) is 29.3 Å². The average molecular weight is 404 g/mol. The van der Waals surface area contributed by atoms with Crippen LogP contribution in [0.4, 0.5) is 0 Å². The minimum absolute atomic E-state index is 0.165. The van der Waals surface area contributed by atoms with Gasteiger partial charge in [-0.1, -0.05) is 19.1 Å². The predicted molar refractivity (Wildman–Crippen MR) is 117 cm³/mol. The van der Waals surface area contributed by atoms with Gasteiger partial charge in [0.2, 0.25) is 0 Å². The van der Waals surface area contributed by atoms with E-state index in [1.165, 1.54) is 10.2 Å². The summed E-state index contributed by atoms with van der Waals surface area (Å²) in [7, 11) is 1.63. The van der Waals surface area contributed by atoms with Crippen molar-refractivity contribution in [3.8, 4) is 5.69 Å². The van der Waals surface area contributed by atoms with Crippen LogP contribution in [-0.4, -0.2) is 40.9 Å². The van der Waals surface area contributed by atoms with Crippen molar-refractivity contribution in [3.05, 3.63) is 70.1 Å². The van der Waals surface area contributed by atoms with E-state index in [1.54, 1.807) is 31.5 Å². The molecule has 0 radical (unpaired) electrons. The van der Waals surface area contributed by atoms with Crippen molar-refractivity contribution in [2.75, 3.05) is 20.3 Å². The molecule has 4 rings (SSSR count). The smallest absolute Gasteiger partial charge is 0.280 e. The number of hydrogen-bond acceptors (Lipinski definition) is 4. The Kier molecular flexibility index (Phi) is 5.63. The molecule has 2 heterocycles. The number of nitrogens with zero attached hydrogens (tertiary/aromatic N) is 2. The number of methoxy groups -OCH3 is 1. The van der Waals surface area contributed by atoms with Gasteiger partial charge in [-0.3, -0.25) is 19.7 Å². The Balaban J connectivity index is 1.74. The summed E-state index contributed by atoms with van der Waals surface area (Å²) in [6.07, 6.45) is 3.26. The zero-order valence-electron chi connectivity index (χ0n) is 17.1. The van der Waals surface area contributed by atoms with E-state index in [2.05, 4.69) is 22.3 Å². The Morgan fingerprint density at radius 2 is 1.97 bits per heavy atom. The molecular formula is C23H24N4O3. The number of pyridine rings is 1. The van der Waals surface area contributed by atoms with Crippen LogP contribution in [0.25, 0.3) is 27.5 Å². The van der Waals surface area contributed by atoms with Gasteiger partial charge in [0.05, 0.1) is 22.1 Å². The molecule has 0 aliphatic carbocycles. The van der Waals surface area contributed by atoms with E-state index in [0.29, 0.717) is 35.1 Å². The largest absolute Gasteiger partial charge is 0.385 e. The van der Waals surface area contributed by atoms with Gasteiger partial charge in [0.15, 0.2) is 0 Å². The molecule has 2 aromatic heterocycles. The highest BCUT2D eigenvalue weighted by Gasteiger charge is 2.14. The number of aryl methyl sites for hydroxylation is 1. The van der Waals surface area contributed by atoms with Crippen molar-refractivity contribution in [2.24, 2.45) is 0 Å². The Labute approximate surface area is 173 Å². The second-order valence-corrected chi connectivity index (χ2v) is 7.15. The third-order valence-corrected chi connectivity index (χ3v) is 5.20. The van der Waals surface area contributed by atoms with Crippen molar-refractivity contribution in [2.45, 2.75) is 19.8 Å². The number of amides is 1. The maximum absolute atomic E-state index is 12.9. The van der Waals surface area contributed by atoms with E-state index in [4.69, 9.17) is 4.74 Å². The van der Waals surface area contributed by atoms with E-state index in [-0.39, 0.29) is 11.5 Å². The summed E-state index contributed by atoms with van der Waals surface area (Å²) in [6, 6.07) is 13.2. The predicted octanol–water partition coefficient (Wildman–Crippen LogP) is 3.20. The number of aromatic nitrogens is 3. The first kappa shape index (κ1) is 19.8. The Morgan fingerprint density at radius 1 is 1.17 bits per heavy atom. The lowest BCUT2D eigenvalue weighted by atomic mass is 10.1. The molecule has 1 amide bonds. The zero-order valence-corrected chi connectivity index (χ0v) is 17.1. The fourth-order valence-corrected chi connectivity index (χ4v) is 3.48. The summed E-state index contributed by atoms with van der Waals surface area (Å²) in [5.41, 5.74) is 3.70. The van der Waals surface area contributed by atoms with Crippen LogP contribution >= 0.6 is 0 Å². The van der Waals surface area contributed by atoms with Gasteiger partial charge in [-0.25, -0.2) is 4.68 Å². The molecule has 0 bridgehead atoms. The summed E-state index contributed by atoms with van der Waals surface area (Å²) in [5, 5.41) is 7.31. The van der Waals surface area contributed by atoms with Crippen LogP contribution in [0.2, 0.25) is 0 Å². The van der Waals surface area contributed by atoms with Crippen LogP contribution in [0.5, 0.6) is 0 Å².